The monoisotopic (exact) mass is 518 g/mol. The van der Waals surface area contributed by atoms with E-state index < -0.39 is 11.9 Å². The number of carbonyl (C=O) groups excluding carboxylic acids is 2. The molecule has 0 aliphatic carbocycles. The zero-order valence-electron chi connectivity index (χ0n) is 18.1. The highest BCUT2D eigenvalue weighted by Crippen LogP contribution is 2.28. The Morgan fingerprint density at radius 3 is 2.12 bits per heavy atom. The summed E-state index contributed by atoms with van der Waals surface area (Å²) in [7, 11) is 0. The molecule has 2 rings (SSSR count). The van der Waals surface area contributed by atoms with E-state index in [0.29, 0.717) is 32.7 Å². The van der Waals surface area contributed by atoms with Crippen LogP contribution in [0.15, 0.2) is 36.4 Å². The maximum absolute atomic E-state index is 14.0. The van der Waals surface area contributed by atoms with Crippen molar-refractivity contribution in [1.29, 1.82) is 0 Å². The molecule has 1 unspecified atom stereocenters. The minimum absolute atomic E-state index is 0.0362. The first-order valence-electron chi connectivity index (χ1n) is 10.1. The highest BCUT2D eigenvalue weighted by molar-refractivity contribution is 7.99. The number of thioether (sulfide) groups is 1. The van der Waals surface area contributed by atoms with Gasteiger partial charge in [-0.3, -0.25) is 9.59 Å². The molecule has 0 aromatic heterocycles. The number of nitrogens with zero attached hydrogens (tertiary/aromatic N) is 1. The molecule has 4 nitrogen and oxygen atoms in total. The van der Waals surface area contributed by atoms with Gasteiger partial charge in [0.2, 0.25) is 11.8 Å². The number of hydrogen-bond acceptors (Lipinski definition) is 3. The number of rotatable bonds is 10. The van der Waals surface area contributed by atoms with E-state index in [2.05, 4.69) is 5.32 Å². The molecule has 0 saturated carbocycles. The number of carbonyl (C=O) groups is 2. The lowest BCUT2D eigenvalue weighted by atomic mass is 10.1. The Morgan fingerprint density at radius 2 is 1.56 bits per heavy atom. The standard InChI is InChI=1S/C23H26Cl3FN2O2S/c1-14(2)10-28-23(31)15(3)29(11-16-18(24)6-4-7-19(16)25)22(30)13-32-12-17-20(26)8-5-9-21(17)27/h4-9,14-15H,10-13H2,1-3H3,(H,28,31). The topological polar surface area (TPSA) is 49.4 Å². The summed E-state index contributed by atoms with van der Waals surface area (Å²) < 4.78 is 14.0. The average Bonchev–Trinajstić information content (AvgIpc) is 2.73. The van der Waals surface area contributed by atoms with E-state index in [-0.39, 0.29) is 35.8 Å². The third kappa shape index (κ3) is 7.55. The van der Waals surface area contributed by atoms with Gasteiger partial charge in [0.15, 0.2) is 0 Å². The summed E-state index contributed by atoms with van der Waals surface area (Å²) in [6.45, 7) is 6.22. The summed E-state index contributed by atoms with van der Waals surface area (Å²) in [5.41, 5.74) is 0.908. The van der Waals surface area contributed by atoms with Crippen LogP contribution in [0.3, 0.4) is 0 Å². The van der Waals surface area contributed by atoms with Gasteiger partial charge >= 0.3 is 0 Å². The van der Waals surface area contributed by atoms with Crippen molar-refractivity contribution in [3.05, 3.63) is 68.4 Å². The van der Waals surface area contributed by atoms with Crippen molar-refractivity contribution < 1.29 is 14.0 Å². The van der Waals surface area contributed by atoms with Crippen molar-refractivity contribution in [3.63, 3.8) is 0 Å². The van der Waals surface area contributed by atoms with E-state index in [1.54, 1.807) is 31.2 Å². The molecule has 174 valence electrons. The van der Waals surface area contributed by atoms with Crippen molar-refractivity contribution in [2.75, 3.05) is 12.3 Å². The molecule has 0 aliphatic rings. The molecule has 0 saturated heterocycles. The summed E-state index contributed by atoms with van der Waals surface area (Å²) in [5, 5.41) is 3.99. The fourth-order valence-corrected chi connectivity index (χ4v) is 4.65. The zero-order chi connectivity index (χ0) is 23.8. The van der Waals surface area contributed by atoms with Crippen molar-refractivity contribution in [1.82, 2.24) is 10.2 Å². The van der Waals surface area contributed by atoms with Crippen LogP contribution >= 0.6 is 46.6 Å². The lowest BCUT2D eigenvalue weighted by Crippen LogP contribution is -2.48. The van der Waals surface area contributed by atoms with Crippen LogP contribution in [0.4, 0.5) is 4.39 Å². The second kappa shape index (κ2) is 12.7. The van der Waals surface area contributed by atoms with E-state index in [1.165, 1.54) is 28.8 Å². The lowest BCUT2D eigenvalue weighted by Gasteiger charge is -2.29. The van der Waals surface area contributed by atoms with Crippen molar-refractivity contribution >= 4 is 58.4 Å². The second-order valence-corrected chi connectivity index (χ2v) is 9.94. The van der Waals surface area contributed by atoms with Crippen LogP contribution in [0.2, 0.25) is 15.1 Å². The van der Waals surface area contributed by atoms with E-state index in [0.717, 1.165) is 0 Å². The largest absolute Gasteiger partial charge is 0.354 e. The predicted molar refractivity (Wildman–Crippen MR) is 132 cm³/mol. The summed E-state index contributed by atoms with van der Waals surface area (Å²) in [4.78, 5) is 27.3. The molecule has 2 aromatic carbocycles. The van der Waals surface area contributed by atoms with Gasteiger partial charge in [-0.2, -0.15) is 0 Å². The van der Waals surface area contributed by atoms with Crippen LogP contribution in [0, 0.1) is 11.7 Å². The molecule has 0 spiro atoms. The van der Waals surface area contributed by atoms with Crippen LogP contribution in [-0.4, -0.2) is 35.1 Å². The smallest absolute Gasteiger partial charge is 0.242 e. The molecule has 1 atom stereocenters. The Morgan fingerprint density at radius 1 is 1.00 bits per heavy atom. The zero-order valence-corrected chi connectivity index (χ0v) is 21.2. The number of halogens is 4. The highest BCUT2D eigenvalue weighted by atomic mass is 35.5. The summed E-state index contributed by atoms with van der Waals surface area (Å²) in [6, 6.07) is 8.81. The van der Waals surface area contributed by atoms with Crippen molar-refractivity contribution in [3.8, 4) is 0 Å². The number of amides is 2. The Hall–Kier alpha value is -1.47. The van der Waals surface area contributed by atoms with Gasteiger partial charge in [0.05, 0.1) is 5.75 Å². The quantitative estimate of drug-likeness (QED) is 0.406. The molecule has 2 amide bonds. The minimum Gasteiger partial charge on any atom is -0.354 e. The van der Waals surface area contributed by atoms with Crippen LogP contribution in [0.5, 0.6) is 0 Å². The highest BCUT2D eigenvalue weighted by Gasteiger charge is 2.27. The Bertz CT molecular complexity index is 918. The first kappa shape index (κ1) is 26.8. The molecule has 1 N–H and O–H groups in total. The Balaban J connectivity index is 2.17. The first-order chi connectivity index (χ1) is 15.1. The van der Waals surface area contributed by atoms with Crippen LogP contribution < -0.4 is 5.32 Å². The third-order valence-electron chi connectivity index (χ3n) is 4.78. The molecule has 32 heavy (non-hydrogen) atoms. The van der Waals surface area contributed by atoms with E-state index >= 15 is 0 Å². The van der Waals surface area contributed by atoms with E-state index in [9.17, 15) is 14.0 Å². The van der Waals surface area contributed by atoms with Crippen molar-refractivity contribution in [2.45, 2.75) is 39.1 Å². The van der Waals surface area contributed by atoms with Gasteiger partial charge in [-0.05, 0) is 37.1 Å². The van der Waals surface area contributed by atoms with Crippen LogP contribution in [-0.2, 0) is 21.9 Å². The Kier molecular flexibility index (Phi) is 10.6. The molecule has 0 aliphatic heterocycles. The van der Waals surface area contributed by atoms with Gasteiger partial charge in [-0.1, -0.05) is 60.8 Å². The molecule has 0 radical (unpaired) electrons. The van der Waals surface area contributed by atoms with E-state index in [1.807, 2.05) is 13.8 Å². The molecule has 2 aromatic rings. The average molecular weight is 520 g/mol. The normalized spacial score (nSPS) is 12.0. The van der Waals surface area contributed by atoms with Gasteiger partial charge in [0, 0.05) is 45.0 Å². The molecule has 0 bridgehead atoms. The lowest BCUT2D eigenvalue weighted by molar-refractivity contribution is -0.138. The van der Waals surface area contributed by atoms with Crippen LogP contribution in [0.25, 0.3) is 0 Å². The fraction of sp³-hybridized carbons (Fsp3) is 0.391. The molecule has 9 heteroatoms. The number of benzene rings is 2. The summed E-state index contributed by atoms with van der Waals surface area (Å²) >= 11 is 19.9. The molecule has 0 heterocycles. The second-order valence-electron chi connectivity index (χ2n) is 7.73. The fourth-order valence-electron chi connectivity index (χ4n) is 2.88. The Labute approximate surface area is 207 Å². The van der Waals surface area contributed by atoms with Gasteiger partial charge < -0.3 is 10.2 Å². The summed E-state index contributed by atoms with van der Waals surface area (Å²) in [6.07, 6.45) is 0. The molecular weight excluding hydrogens is 494 g/mol. The number of nitrogens with one attached hydrogen (secondary N) is 1. The summed E-state index contributed by atoms with van der Waals surface area (Å²) in [5.74, 6) is -0.434. The van der Waals surface area contributed by atoms with E-state index in [4.69, 9.17) is 34.8 Å². The molecule has 0 fully saturated rings. The SMILES string of the molecule is CC(C)CNC(=O)C(C)N(Cc1c(Cl)cccc1Cl)C(=O)CSCc1c(F)cccc1Cl. The molecular formula is C23H26Cl3FN2O2S. The van der Waals surface area contributed by atoms with Gasteiger partial charge in [-0.15, -0.1) is 11.8 Å². The van der Waals surface area contributed by atoms with Gasteiger partial charge in [0.1, 0.15) is 11.9 Å². The van der Waals surface area contributed by atoms with Gasteiger partial charge in [-0.25, -0.2) is 4.39 Å². The number of hydrogen-bond donors (Lipinski definition) is 1. The van der Waals surface area contributed by atoms with Gasteiger partial charge in [0.25, 0.3) is 0 Å². The van der Waals surface area contributed by atoms with Crippen molar-refractivity contribution in [2.24, 2.45) is 5.92 Å². The minimum atomic E-state index is -0.744. The maximum atomic E-state index is 14.0. The van der Waals surface area contributed by atoms with Crippen LogP contribution in [0.1, 0.15) is 31.9 Å². The predicted octanol–water partition coefficient (Wildman–Crippen LogP) is 6.21. The third-order valence-corrected chi connectivity index (χ3v) is 6.78. The maximum Gasteiger partial charge on any atom is 0.242 e. The first-order valence-corrected chi connectivity index (χ1v) is 12.4.